The molecule has 3 heteroatoms. The summed E-state index contributed by atoms with van der Waals surface area (Å²) >= 11 is 0. The Labute approximate surface area is 70.0 Å². The summed E-state index contributed by atoms with van der Waals surface area (Å²) in [5, 5.41) is 10.0. The van der Waals surface area contributed by atoms with Crippen molar-refractivity contribution in [3.05, 3.63) is 36.0 Å². The minimum Gasteiger partial charge on any atom is -0.412 e. The van der Waals surface area contributed by atoms with Crippen molar-refractivity contribution in [1.29, 1.82) is 0 Å². The van der Waals surface area contributed by atoms with Crippen LogP contribution in [0, 0.1) is 0 Å². The molecule has 0 aliphatic rings. The topological polar surface area (TPSA) is 67.5 Å². The van der Waals surface area contributed by atoms with Gasteiger partial charge in [0.15, 0.2) is 0 Å². The third-order valence-electron chi connectivity index (χ3n) is 1.85. The number of aliphatic hydroxyl groups is 1. The highest BCUT2D eigenvalue weighted by Crippen LogP contribution is 2.16. The second-order valence-electron chi connectivity index (χ2n) is 2.52. The van der Waals surface area contributed by atoms with Crippen molar-refractivity contribution in [1.82, 2.24) is 4.98 Å². The number of aromatic nitrogens is 1. The first kappa shape index (κ1) is 8.77. The molecule has 2 aromatic rings. The zero-order valence-corrected chi connectivity index (χ0v) is 6.54. The summed E-state index contributed by atoms with van der Waals surface area (Å²) in [6.45, 7) is 0.101. The lowest BCUT2D eigenvalue weighted by atomic mass is 10.2. The van der Waals surface area contributed by atoms with Crippen LogP contribution in [-0.2, 0) is 6.61 Å². The highest BCUT2D eigenvalue weighted by Gasteiger charge is 1.98. The molecule has 0 radical (unpaired) electrons. The average Bonchev–Trinajstić information content (AvgIpc) is 2.47. The Kier molecular flexibility index (Phi) is 2.47. The molecule has 0 spiro atoms. The monoisotopic (exact) mass is 165 g/mol. The molecule has 1 aromatic carbocycles. The van der Waals surface area contributed by atoms with Gasteiger partial charge < -0.3 is 15.6 Å². The highest BCUT2D eigenvalue weighted by atomic mass is 16.3. The molecule has 0 aliphatic heterocycles. The third-order valence-corrected chi connectivity index (χ3v) is 1.85. The van der Waals surface area contributed by atoms with Crippen molar-refractivity contribution in [2.24, 2.45) is 0 Å². The lowest BCUT2D eigenvalue weighted by Crippen LogP contribution is -1.76. The van der Waals surface area contributed by atoms with E-state index in [1.807, 2.05) is 30.5 Å². The smallest absolute Gasteiger partial charge is 0.0702 e. The van der Waals surface area contributed by atoms with Gasteiger partial charge in [0.05, 0.1) is 6.61 Å². The van der Waals surface area contributed by atoms with E-state index in [2.05, 4.69) is 4.98 Å². The number of hydrogen-bond acceptors (Lipinski definition) is 1. The minimum atomic E-state index is 0. The second kappa shape index (κ2) is 3.38. The number of rotatable bonds is 1. The number of H-pyrrole nitrogens is 1. The maximum absolute atomic E-state index is 8.90. The maximum atomic E-state index is 8.90. The summed E-state index contributed by atoms with van der Waals surface area (Å²) in [5.41, 5.74) is 2.04. The number of para-hydroxylation sites is 1. The van der Waals surface area contributed by atoms with Gasteiger partial charge in [-0.1, -0.05) is 18.2 Å². The van der Waals surface area contributed by atoms with Crippen LogP contribution in [0.3, 0.4) is 0 Å². The van der Waals surface area contributed by atoms with Crippen LogP contribution in [0.1, 0.15) is 5.56 Å². The number of nitrogens with one attached hydrogen (secondary N) is 1. The van der Waals surface area contributed by atoms with E-state index in [0.29, 0.717) is 0 Å². The van der Waals surface area contributed by atoms with E-state index in [9.17, 15) is 0 Å². The first-order valence-electron chi connectivity index (χ1n) is 3.57. The summed E-state index contributed by atoms with van der Waals surface area (Å²) in [6, 6.07) is 7.93. The Balaban J connectivity index is 0.000000720. The van der Waals surface area contributed by atoms with Gasteiger partial charge in [0.2, 0.25) is 0 Å². The first-order chi connectivity index (χ1) is 5.42. The van der Waals surface area contributed by atoms with Crippen LogP contribution in [0.5, 0.6) is 0 Å². The lowest BCUT2D eigenvalue weighted by molar-refractivity contribution is 0.283. The number of aliphatic hydroxyl groups excluding tert-OH is 1. The van der Waals surface area contributed by atoms with Crippen LogP contribution in [0.15, 0.2) is 30.5 Å². The van der Waals surface area contributed by atoms with Crippen LogP contribution >= 0.6 is 0 Å². The molecule has 0 saturated carbocycles. The Bertz CT molecular complexity index is 367. The van der Waals surface area contributed by atoms with Crippen molar-refractivity contribution in [3.8, 4) is 0 Å². The summed E-state index contributed by atoms with van der Waals surface area (Å²) in [4.78, 5) is 3.08. The van der Waals surface area contributed by atoms with Gasteiger partial charge in [-0.25, -0.2) is 0 Å². The molecule has 1 aromatic heterocycles. The molecule has 0 unspecified atom stereocenters. The van der Waals surface area contributed by atoms with Crippen molar-refractivity contribution >= 4 is 10.9 Å². The predicted molar refractivity (Wildman–Crippen MR) is 47.8 cm³/mol. The van der Waals surface area contributed by atoms with Crippen LogP contribution in [0.25, 0.3) is 10.9 Å². The molecular weight excluding hydrogens is 154 g/mol. The lowest BCUT2D eigenvalue weighted by Gasteiger charge is -1.90. The Morgan fingerprint density at radius 2 is 2.00 bits per heavy atom. The van der Waals surface area contributed by atoms with E-state index >= 15 is 0 Å². The van der Waals surface area contributed by atoms with Gasteiger partial charge in [0.25, 0.3) is 0 Å². The Morgan fingerprint density at radius 3 is 2.75 bits per heavy atom. The summed E-state index contributed by atoms with van der Waals surface area (Å²) < 4.78 is 0. The Morgan fingerprint density at radius 1 is 1.25 bits per heavy atom. The highest BCUT2D eigenvalue weighted by molar-refractivity contribution is 5.82. The van der Waals surface area contributed by atoms with Gasteiger partial charge in [0, 0.05) is 22.7 Å². The van der Waals surface area contributed by atoms with Crippen LogP contribution in [-0.4, -0.2) is 15.6 Å². The van der Waals surface area contributed by atoms with Crippen molar-refractivity contribution in [2.75, 3.05) is 0 Å². The summed E-state index contributed by atoms with van der Waals surface area (Å²) in [6.07, 6.45) is 1.84. The fourth-order valence-corrected chi connectivity index (χ4v) is 1.26. The molecule has 0 saturated heterocycles. The van der Waals surface area contributed by atoms with Crippen LogP contribution in [0.4, 0.5) is 0 Å². The largest absolute Gasteiger partial charge is 0.412 e. The normalized spacial score (nSPS) is 9.75. The van der Waals surface area contributed by atoms with E-state index < -0.39 is 0 Å². The number of aromatic amines is 1. The van der Waals surface area contributed by atoms with Crippen LogP contribution < -0.4 is 0 Å². The van der Waals surface area contributed by atoms with Gasteiger partial charge in [-0.15, -0.1) is 0 Å². The quantitative estimate of drug-likeness (QED) is 0.645. The average molecular weight is 165 g/mol. The summed E-state index contributed by atoms with van der Waals surface area (Å²) in [7, 11) is 0. The minimum absolute atomic E-state index is 0. The first-order valence-corrected chi connectivity index (χ1v) is 3.57. The molecule has 64 valence electrons. The van der Waals surface area contributed by atoms with Crippen molar-refractivity contribution < 1.29 is 10.6 Å². The van der Waals surface area contributed by atoms with Gasteiger partial charge in [-0.2, -0.15) is 0 Å². The number of benzene rings is 1. The second-order valence-corrected chi connectivity index (χ2v) is 2.52. The molecule has 0 fully saturated rings. The van der Waals surface area contributed by atoms with Crippen molar-refractivity contribution in [3.63, 3.8) is 0 Å². The van der Waals surface area contributed by atoms with E-state index in [1.54, 1.807) is 0 Å². The molecule has 0 amide bonds. The molecule has 4 N–H and O–H groups in total. The molecule has 1 heterocycles. The molecule has 2 rings (SSSR count). The molecule has 0 bridgehead atoms. The van der Waals surface area contributed by atoms with Gasteiger partial charge >= 0.3 is 0 Å². The van der Waals surface area contributed by atoms with E-state index in [4.69, 9.17) is 5.11 Å². The standard InChI is InChI=1S/C9H9NO.H2O/c11-6-7-5-10-9-4-2-1-3-8(7)9;/h1-5,10-11H,6H2;1H2. The zero-order chi connectivity index (χ0) is 7.68. The van der Waals surface area contributed by atoms with Gasteiger partial charge in [-0.3, -0.25) is 0 Å². The van der Waals surface area contributed by atoms with Crippen LogP contribution in [0.2, 0.25) is 0 Å². The third kappa shape index (κ3) is 1.20. The fraction of sp³-hybridized carbons (Fsp3) is 0.111. The van der Waals surface area contributed by atoms with E-state index in [-0.39, 0.29) is 12.1 Å². The van der Waals surface area contributed by atoms with Crippen molar-refractivity contribution in [2.45, 2.75) is 6.61 Å². The van der Waals surface area contributed by atoms with Gasteiger partial charge in [-0.05, 0) is 6.07 Å². The predicted octanol–water partition coefficient (Wildman–Crippen LogP) is 0.836. The molecule has 3 nitrogen and oxygen atoms in total. The van der Waals surface area contributed by atoms with E-state index in [0.717, 1.165) is 16.5 Å². The zero-order valence-electron chi connectivity index (χ0n) is 6.54. The number of fused-ring (bicyclic) bond motifs is 1. The van der Waals surface area contributed by atoms with Gasteiger partial charge in [0.1, 0.15) is 0 Å². The molecular formula is C9H11NO2. The molecule has 12 heavy (non-hydrogen) atoms. The summed E-state index contributed by atoms with van der Waals surface area (Å²) in [5.74, 6) is 0. The SMILES string of the molecule is O.OCc1c[nH]c2ccccc12. The molecule has 0 atom stereocenters. The maximum Gasteiger partial charge on any atom is 0.0702 e. The Hall–Kier alpha value is -1.32. The molecule has 0 aliphatic carbocycles. The number of hydrogen-bond donors (Lipinski definition) is 2. The fourth-order valence-electron chi connectivity index (χ4n) is 1.26. The van der Waals surface area contributed by atoms with E-state index in [1.165, 1.54) is 0 Å².